The summed E-state index contributed by atoms with van der Waals surface area (Å²) < 4.78 is 33.2. The van der Waals surface area contributed by atoms with Gasteiger partial charge in [-0.05, 0) is 85.6 Å². The van der Waals surface area contributed by atoms with E-state index >= 15 is 0 Å². The molecule has 3 aromatic carbocycles. The van der Waals surface area contributed by atoms with Crippen LogP contribution in [0.4, 0.5) is 25.8 Å². The van der Waals surface area contributed by atoms with Crippen molar-refractivity contribution in [1.82, 2.24) is 19.9 Å². The summed E-state index contributed by atoms with van der Waals surface area (Å²) in [7, 11) is 0. The van der Waals surface area contributed by atoms with Crippen LogP contribution >= 0.6 is 11.6 Å². The molecular weight excluding hydrogens is 702 g/mol. The summed E-state index contributed by atoms with van der Waals surface area (Å²) in [4.78, 5) is 23.0. The van der Waals surface area contributed by atoms with Gasteiger partial charge in [-0.3, -0.25) is 9.97 Å². The van der Waals surface area contributed by atoms with Gasteiger partial charge in [-0.2, -0.15) is 0 Å². The summed E-state index contributed by atoms with van der Waals surface area (Å²) in [6.45, 7) is 12.7. The van der Waals surface area contributed by atoms with E-state index in [0.717, 1.165) is 77.5 Å². The van der Waals surface area contributed by atoms with Crippen molar-refractivity contribution in [2.75, 3.05) is 42.6 Å². The first-order valence-electron chi connectivity index (χ1n) is 18.0. The molecule has 1 saturated heterocycles. The minimum Gasteiger partial charge on any atom is -0.378 e. The van der Waals surface area contributed by atoms with Crippen LogP contribution < -0.4 is 9.80 Å². The Labute approximate surface area is 318 Å². The van der Waals surface area contributed by atoms with E-state index in [-0.39, 0.29) is 17.0 Å². The Morgan fingerprint density at radius 1 is 0.704 bits per heavy atom. The predicted molar refractivity (Wildman–Crippen MR) is 214 cm³/mol. The molecule has 1 fully saturated rings. The van der Waals surface area contributed by atoms with Crippen LogP contribution in [0.5, 0.6) is 0 Å². The molecule has 0 saturated carbocycles. The fraction of sp³-hybridized carbons (Fsp3) is 0.227. The van der Waals surface area contributed by atoms with Crippen LogP contribution in [-0.4, -0.2) is 52.8 Å². The van der Waals surface area contributed by atoms with Crippen LogP contribution in [0.15, 0.2) is 103 Å². The fourth-order valence-corrected chi connectivity index (χ4v) is 7.81. The third-order valence-corrected chi connectivity index (χ3v) is 10.8. The van der Waals surface area contributed by atoms with Crippen LogP contribution in [0.25, 0.3) is 44.6 Å². The lowest BCUT2D eigenvalue weighted by Gasteiger charge is -2.30. The number of aromatic nitrogens is 4. The van der Waals surface area contributed by atoms with Gasteiger partial charge < -0.3 is 14.5 Å². The molecule has 10 heteroatoms. The zero-order valence-electron chi connectivity index (χ0n) is 30.6. The molecule has 54 heavy (non-hydrogen) atoms. The Kier molecular flexibility index (Phi) is 9.46. The molecule has 7 aromatic rings. The van der Waals surface area contributed by atoms with Gasteiger partial charge in [0.05, 0.1) is 57.7 Å². The second-order valence-electron chi connectivity index (χ2n) is 14.4. The second-order valence-corrected chi connectivity index (χ2v) is 14.7. The number of nitrogens with zero attached hydrogens (tertiary/aromatic N) is 6. The molecule has 4 aromatic heterocycles. The van der Waals surface area contributed by atoms with Gasteiger partial charge in [0, 0.05) is 77.3 Å². The largest absolute Gasteiger partial charge is 0.378 e. The number of halogens is 3. The third-order valence-electron chi connectivity index (χ3n) is 10.3. The number of pyridine rings is 4. The number of anilines is 3. The van der Waals surface area contributed by atoms with Crippen molar-refractivity contribution >= 4 is 50.5 Å². The minimum absolute atomic E-state index is 0.0356. The molecule has 2 aliphatic rings. The van der Waals surface area contributed by atoms with Crippen molar-refractivity contribution < 1.29 is 13.5 Å². The maximum atomic E-state index is 14.3. The summed E-state index contributed by atoms with van der Waals surface area (Å²) in [5.74, 6) is -0.615. The molecule has 7 nitrogen and oxygen atoms in total. The molecule has 0 spiro atoms. The average Bonchev–Trinajstić information content (AvgIpc) is 3.46. The predicted octanol–water partition coefficient (Wildman–Crippen LogP) is 10.4. The van der Waals surface area contributed by atoms with Crippen molar-refractivity contribution in [2.45, 2.75) is 33.1 Å². The first-order chi connectivity index (χ1) is 26.1. The number of morpholine rings is 1. The van der Waals surface area contributed by atoms with Gasteiger partial charge >= 0.3 is 0 Å². The molecule has 272 valence electrons. The quantitative estimate of drug-likeness (QED) is 0.178. The van der Waals surface area contributed by atoms with Gasteiger partial charge in [0.15, 0.2) is 0 Å². The topological polar surface area (TPSA) is 67.3 Å². The fourth-order valence-electron chi connectivity index (χ4n) is 7.56. The van der Waals surface area contributed by atoms with E-state index in [9.17, 15) is 8.78 Å². The number of benzene rings is 3. The number of hydrogen-bond acceptors (Lipinski definition) is 7. The van der Waals surface area contributed by atoms with Crippen molar-refractivity contribution in [3.05, 3.63) is 137 Å². The van der Waals surface area contributed by atoms with Crippen LogP contribution in [0.3, 0.4) is 0 Å². The molecule has 0 unspecified atom stereocenters. The molecule has 0 aliphatic carbocycles. The standard InChI is InChI=1S/C29H29FN4O.C15H10ClFN2/c1-19-27(24-6-4-5-11-31-24)32-25-16-20(30)7-9-22(25)28(19)34-18-29(2,3)23-10-8-21(17-26(23)34)33-12-14-35-15-13-33;1-9-14(16)11-6-5-10(17)8-13(11)19-15(9)12-4-2-3-7-18-12/h4-11,16-17H,12-15,18H2,1-3H3;2-8H,1H3. The summed E-state index contributed by atoms with van der Waals surface area (Å²) in [5.41, 5.74) is 10.8. The number of hydrogen-bond donors (Lipinski definition) is 0. The summed E-state index contributed by atoms with van der Waals surface area (Å²) in [5, 5.41) is 2.29. The van der Waals surface area contributed by atoms with E-state index in [1.807, 2.05) is 49.4 Å². The first kappa shape index (κ1) is 35.5. The maximum Gasteiger partial charge on any atom is 0.125 e. The number of fused-ring (bicyclic) bond motifs is 3. The van der Waals surface area contributed by atoms with Gasteiger partial charge in [-0.1, -0.05) is 43.6 Å². The van der Waals surface area contributed by atoms with Gasteiger partial charge in [0.2, 0.25) is 0 Å². The second kappa shape index (κ2) is 14.4. The molecule has 0 radical (unpaired) electrons. The SMILES string of the molecule is Cc1c(-c2ccccn2)nc2cc(F)ccc2c1Cl.Cc1c(-c2ccccn2)nc2cc(F)ccc2c1N1CC(C)(C)c2ccc(N3CCOCC3)cc21. The van der Waals surface area contributed by atoms with Crippen LogP contribution in [0.1, 0.15) is 30.5 Å². The van der Waals surface area contributed by atoms with E-state index in [2.05, 4.69) is 63.7 Å². The third kappa shape index (κ3) is 6.63. The molecule has 2 aliphatic heterocycles. The molecule has 0 atom stereocenters. The molecule has 9 rings (SSSR count). The highest BCUT2D eigenvalue weighted by molar-refractivity contribution is 6.36. The Morgan fingerprint density at radius 3 is 1.91 bits per heavy atom. The van der Waals surface area contributed by atoms with Crippen molar-refractivity contribution in [2.24, 2.45) is 0 Å². The average molecular weight is 741 g/mol. The molecular formula is C44H39ClF2N6O. The maximum absolute atomic E-state index is 14.3. The minimum atomic E-state index is -0.327. The van der Waals surface area contributed by atoms with Gasteiger partial charge in [-0.25, -0.2) is 18.7 Å². The van der Waals surface area contributed by atoms with Crippen molar-refractivity contribution in [3.8, 4) is 22.8 Å². The normalized spacial score (nSPS) is 14.9. The van der Waals surface area contributed by atoms with E-state index < -0.39 is 0 Å². The highest BCUT2D eigenvalue weighted by Gasteiger charge is 2.38. The van der Waals surface area contributed by atoms with E-state index in [0.29, 0.717) is 21.7 Å². The van der Waals surface area contributed by atoms with Gasteiger partial charge in [-0.15, -0.1) is 0 Å². The lowest BCUT2D eigenvalue weighted by Crippen LogP contribution is -2.36. The molecule has 0 amide bonds. The smallest absolute Gasteiger partial charge is 0.125 e. The van der Waals surface area contributed by atoms with Crippen molar-refractivity contribution in [1.29, 1.82) is 0 Å². The zero-order chi connectivity index (χ0) is 37.6. The summed E-state index contributed by atoms with van der Waals surface area (Å²) >= 11 is 6.34. The Morgan fingerprint density at radius 2 is 1.30 bits per heavy atom. The number of rotatable bonds is 4. The van der Waals surface area contributed by atoms with Crippen LogP contribution in [-0.2, 0) is 10.2 Å². The lowest BCUT2D eigenvalue weighted by molar-refractivity contribution is 0.122. The molecule has 0 bridgehead atoms. The van der Waals surface area contributed by atoms with Crippen molar-refractivity contribution in [3.63, 3.8) is 0 Å². The Hall–Kier alpha value is -5.51. The first-order valence-corrected chi connectivity index (χ1v) is 18.4. The van der Waals surface area contributed by atoms with Gasteiger partial charge in [0.1, 0.15) is 11.6 Å². The summed E-state index contributed by atoms with van der Waals surface area (Å²) in [6.07, 6.45) is 3.47. The number of ether oxygens (including phenoxy) is 1. The lowest BCUT2D eigenvalue weighted by atomic mass is 9.87. The van der Waals surface area contributed by atoms with Gasteiger partial charge in [0.25, 0.3) is 0 Å². The zero-order valence-corrected chi connectivity index (χ0v) is 31.3. The summed E-state index contributed by atoms with van der Waals surface area (Å²) in [6, 6.07) is 27.5. The highest BCUT2D eigenvalue weighted by Crippen LogP contribution is 2.49. The monoisotopic (exact) mass is 740 g/mol. The van der Waals surface area contributed by atoms with E-state index in [4.69, 9.17) is 21.3 Å². The van der Waals surface area contributed by atoms with E-state index in [1.54, 1.807) is 18.5 Å². The molecule has 6 heterocycles. The van der Waals surface area contributed by atoms with E-state index in [1.165, 1.54) is 41.2 Å². The van der Waals surface area contributed by atoms with Crippen LogP contribution in [0.2, 0.25) is 5.02 Å². The Balaban J connectivity index is 0.000000183. The Bertz CT molecular complexity index is 2510. The molecule has 0 N–H and O–H groups in total. The van der Waals surface area contributed by atoms with Crippen LogP contribution in [0, 0.1) is 25.5 Å². The highest BCUT2D eigenvalue weighted by atomic mass is 35.5.